The van der Waals surface area contributed by atoms with E-state index in [2.05, 4.69) is 10.4 Å². The molecule has 1 aromatic heterocycles. The fraction of sp³-hybridized carbons (Fsp3) is 0.320. The summed E-state index contributed by atoms with van der Waals surface area (Å²) in [7, 11) is -3.86. The quantitative estimate of drug-likeness (QED) is 0.503. The van der Waals surface area contributed by atoms with Gasteiger partial charge >= 0.3 is 5.97 Å². The molecule has 0 saturated carbocycles. The number of piperidine rings is 1. The monoisotopic (exact) mass is 496 g/mol. The van der Waals surface area contributed by atoms with E-state index in [-0.39, 0.29) is 11.4 Å². The number of carbonyl (C=O) groups excluding carboxylic acids is 2. The van der Waals surface area contributed by atoms with E-state index < -0.39 is 34.5 Å². The maximum atomic E-state index is 13.1. The van der Waals surface area contributed by atoms with E-state index in [1.165, 1.54) is 16.4 Å². The van der Waals surface area contributed by atoms with Crippen LogP contribution in [-0.2, 0) is 24.3 Å². The standard InChI is InChI=1S/C25H28N4O5S/c1-18-24(19(2)29(27-18)20-11-5-3-6-12-20)26-23(30)17-34-25(31)22-15-9-10-16-28(22)35(32,33)21-13-7-4-8-14-21/h3-8,11-14,22H,9-10,15-17H2,1-2H3,(H,26,30). The summed E-state index contributed by atoms with van der Waals surface area (Å²) in [6, 6.07) is 16.6. The number of nitrogens with zero attached hydrogens (tertiary/aromatic N) is 3. The highest BCUT2D eigenvalue weighted by Gasteiger charge is 2.38. The maximum absolute atomic E-state index is 13.1. The van der Waals surface area contributed by atoms with E-state index >= 15 is 0 Å². The highest BCUT2D eigenvalue weighted by atomic mass is 32.2. The number of rotatable bonds is 7. The van der Waals surface area contributed by atoms with Crippen LogP contribution in [0.25, 0.3) is 5.69 Å². The summed E-state index contributed by atoms with van der Waals surface area (Å²) in [4.78, 5) is 25.6. The molecule has 1 saturated heterocycles. The molecule has 9 nitrogen and oxygen atoms in total. The second kappa shape index (κ2) is 10.4. The molecule has 1 N–H and O–H groups in total. The van der Waals surface area contributed by atoms with Crippen LogP contribution in [0.2, 0.25) is 0 Å². The molecular formula is C25H28N4O5S. The summed E-state index contributed by atoms with van der Waals surface area (Å²) < 4.78 is 34.4. The number of carbonyl (C=O) groups is 2. The minimum atomic E-state index is -3.86. The molecule has 1 aliphatic heterocycles. The van der Waals surface area contributed by atoms with Gasteiger partial charge in [-0.3, -0.25) is 9.59 Å². The highest BCUT2D eigenvalue weighted by Crippen LogP contribution is 2.26. The number of nitrogens with one attached hydrogen (secondary N) is 1. The first-order valence-corrected chi connectivity index (χ1v) is 12.9. The van der Waals surface area contributed by atoms with Gasteiger partial charge in [0.25, 0.3) is 5.91 Å². The number of anilines is 1. The van der Waals surface area contributed by atoms with Crippen molar-refractivity contribution in [3.63, 3.8) is 0 Å². The van der Waals surface area contributed by atoms with Crippen LogP contribution >= 0.6 is 0 Å². The van der Waals surface area contributed by atoms with Crippen LogP contribution in [0.3, 0.4) is 0 Å². The van der Waals surface area contributed by atoms with Crippen molar-refractivity contribution in [2.45, 2.75) is 44.0 Å². The van der Waals surface area contributed by atoms with Gasteiger partial charge in [0.2, 0.25) is 10.0 Å². The number of amides is 1. The fourth-order valence-corrected chi connectivity index (χ4v) is 5.88. The summed E-state index contributed by atoms with van der Waals surface area (Å²) in [5, 5.41) is 7.25. The minimum Gasteiger partial charge on any atom is -0.454 e. The molecule has 1 fully saturated rings. The molecule has 2 heterocycles. The summed E-state index contributed by atoms with van der Waals surface area (Å²) in [6.45, 7) is 3.32. The van der Waals surface area contributed by atoms with Crippen molar-refractivity contribution in [3.8, 4) is 5.69 Å². The SMILES string of the molecule is Cc1nn(-c2ccccc2)c(C)c1NC(=O)COC(=O)C1CCCCN1S(=O)(=O)c1ccccc1. The normalized spacial score (nSPS) is 16.6. The third-order valence-corrected chi connectivity index (χ3v) is 7.90. The van der Waals surface area contributed by atoms with E-state index in [1.54, 1.807) is 29.8 Å². The molecule has 35 heavy (non-hydrogen) atoms. The van der Waals surface area contributed by atoms with Crippen LogP contribution in [0.1, 0.15) is 30.7 Å². The third kappa shape index (κ3) is 5.28. The average molecular weight is 497 g/mol. The molecule has 1 unspecified atom stereocenters. The third-order valence-electron chi connectivity index (χ3n) is 5.98. The number of sulfonamides is 1. The summed E-state index contributed by atoms with van der Waals surface area (Å²) >= 11 is 0. The molecule has 0 spiro atoms. The van der Waals surface area contributed by atoms with Crippen molar-refractivity contribution in [2.75, 3.05) is 18.5 Å². The Bertz CT molecular complexity index is 1310. The van der Waals surface area contributed by atoms with Gasteiger partial charge in [-0.05, 0) is 57.4 Å². The topological polar surface area (TPSA) is 111 Å². The Morgan fingerprint density at radius 3 is 2.37 bits per heavy atom. The molecule has 1 aliphatic rings. The van der Waals surface area contributed by atoms with Crippen molar-refractivity contribution >= 4 is 27.6 Å². The lowest BCUT2D eigenvalue weighted by Crippen LogP contribution is -2.48. The molecule has 4 rings (SSSR count). The van der Waals surface area contributed by atoms with Crippen molar-refractivity contribution in [3.05, 3.63) is 72.1 Å². The average Bonchev–Trinajstić information content (AvgIpc) is 3.16. The molecule has 3 aromatic rings. The lowest BCUT2D eigenvalue weighted by Gasteiger charge is -2.32. The maximum Gasteiger partial charge on any atom is 0.324 e. The zero-order chi connectivity index (χ0) is 25.0. The van der Waals surface area contributed by atoms with Crippen LogP contribution in [0.5, 0.6) is 0 Å². The van der Waals surface area contributed by atoms with Crippen LogP contribution in [-0.4, -0.2) is 53.6 Å². The molecule has 0 radical (unpaired) electrons. The van der Waals surface area contributed by atoms with Crippen LogP contribution in [0.15, 0.2) is 65.6 Å². The number of para-hydroxylation sites is 1. The van der Waals surface area contributed by atoms with Gasteiger partial charge in [0, 0.05) is 6.54 Å². The summed E-state index contributed by atoms with van der Waals surface area (Å²) in [6.07, 6.45) is 1.69. The van der Waals surface area contributed by atoms with Crippen LogP contribution in [0, 0.1) is 13.8 Å². The number of benzene rings is 2. The van der Waals surface area contributed by atoms with Crippen LogP contribution < -0.4 is 5.32 Å². The van der Waals surface area contributed by atoms with Crippen molar-refractivity contribution < 1.29 is 22.7 Å². The lowest BCUT2D eigenvalue weighted by atomic mass is 10.1. The van der Waals surface area contributed by atoms with Gasteiger partial charge < -0.3 is 10.1 Å². The van der Waals surface area contributed by atoms with Crippen molar-refractivity contribution in [1.82, 2.24) is 14.1 Å². The molecule has 1 amide bonds. The predicted octanol–water partition coefficient (Wildman–Crippen LogP) is 3.21. The Balaban J connectivity index is 1.42. The van der Waals surface area contributed by atoms with Gasteiger partial charge in [0.05, 0.1) is 27.7 Å². The van der Waals surface area contributed by atoms with E-state index in [0.29, 0.717) is 30.6 Å². The first-order valence-electron chi connectivity index (χ1n) is 11.4. The first-order chi connectivity index (χ1) is 16.8. The van der Waals surface area contributed by atoms with Gasteiger partial charge in [-0.15, -0.1) is 0 Å². The fourth-order valence-electron chi connectivity index (χ4n) is 4.21. The number of aromatic nitrogens is 2. The summed E-state index contributed by atoms with van der Waals surface area (Å²) in [5.41, 5.74) is 2.76. The molecule has 184 valence electrons. The van der Waals surface area contributed by atoms with Crippen molar-refractivity contribution in [2.24, 2.45) is 0 Å². The zero-order valence-electron chi connectivity index (χ0n) is 19.7. The van der Waals surface area contributed by atoms with Gasteiger partial charge in [-0.25, -0.2) is 13.1 Å². The molecule has 0 bridgehead atoms. The predicted molar refractivity (Wildman–Crippen MR) is 131 cm³/mol. The number of esters is 1. The summed E-state index contributed by atoms with van der Waals surface area (Å²) in [5.74, 6) is -1.25. The Labute approximate surface area is 204 Å². The van der Waals surface area contributed by atoms with Crippen LogP contribution in [0.4, 0.5) is 5.69 Å². The van der Waals surface area contributed by atoms with E-state index in [4.69, 9.17) is 4.74 Å². The zero-order valence-corrected chi connectivity index (χ0v) is 20.5. The van der Waals surface area contributed by atoms with Gasteiger partial charge in [-0.1, -0.05) is 36.4 Å². The molecule has 0 aliphatic carbocycles. The Hall–Kier alpha value is -3.50. The Morgan fingerprint density at radius 2 is 1.69 bits per heavy atom. The van der Waals surface area contributed by atoms with Crippen molar-refractivity contribution in [1.29, 1.82) is 0 Å². The van der Waals surface area contributed by atoms with E-state index in [9.17, 15) is 18.0 Å². The van der Waals surface area contributed by atoms with E-state index in [0.717, 1.165) is 11.4 Å². The van der Waals surface area contributed by atoms with E-state index in [1.807, 2.05) is 37.3 Å². The Kier molecular flexibility index (Phi) is 7.32. The molecule has 1 atom stereocenters. The molecule has 2 aromatic carbocycles. The molecular weight excluding hydrogens is 468 g/mol. The second-order valence-corrected chi connectivity index (χ2v) is 10.3. The first kappa shape index (κ1) is 24.6. The number of hydrogen-bond donors (Lipinski definition) is 1. The largest absolute Gasteiger partial charge is 0.454 e. The molecule has 10 heteroatoms. The van der Waals surface area contributed by atoms with Gasteiger partial charge in [-0.2, -0.15) is 9.40 Å². The van der Waals surface area contributed by atoms with Gasteiger partial charge in [0.1, 0.15) is 6.04 Å². The number of hydrogen-bond acceptors (Lipinski definition) is 6. The second-order valence-electron chi connectivity index (χ2n) is 8.39. The highest BCUT2D eigenvalue weighted by molar-refractivity contribution is 7.89. The number of aryl methyl sites for hydroxylation is 1. The van der Waals surface area contributed by atoms with Gasteiger partial charge in [0.15, 0.2) is 6.61 Å². The number of ether oxygens (including phenoxy) is 1. The Morgan fingerprint density at radius 1 is 1.03 bits per heavy atom. The smallest absolute Gasteiger partial charge is 0.324 e. The minimum absolute atomic E-state index is 0.124. The lowest BCUT2D eigenvalue weighted by molar-refractivity contribution is -0.152.